The molecule has 216 valence electrons. The van der Waals surface area contributed by atoms with Crippen LogP contribution in [-0.2, 0) is 100 Å². The summed E-state index contributed by atoms with van der Waals surface area (Å²) in [5.74, 6) is 0. The van der Waals surface area contributed by atoms with E-state index >= 15 is 0 Å². The zero-order chi connectivity index (χ0) is 29.4. The van der Waals surface area contributed by atoms with Gasteiger partial charge in [-0.15, -0.1) is 0 Å². The van der Waals surface area contributed by atoms with E-state index in [0.717, 1.165) is 0 Å². The van der Waals surface area contributed by atoms with Crippen LogP contribution >= 0.6 is 0 Å². The lowest BCUT2D eigenvalue weighted by atomic mass is 10.1. The van der Waals surface area contributed by atoms with Crippen LogP contribution in [0.5, 0.6) is 0 Å². The third kappa shape index (κ3) is 7.92. The SMILES string of the molecule is O=S([O-])OS(=O)(=O)c1cc(S(=O)(=O)OS(=O)[O-])c2cc(S(=O)(=O)OS(=O)[O-])cc(S(=O)(=O)OS(=O)[O-])c2c1. The van der Waals surface area contributed by atoms with Crippen LogP contribution in [0.3, 0.4) is 0 Å². The predicted octanol–water partition coefficient (Wildman–Crippen LogP) is -3.16. The number of rotatable bonds is 12. The molecule has 0 radical (unpaired) electrons. The van der Waals surface area contributed by atoms with Crippen molar-refractivity contribution in [1.29, 1.82) is 0 Å². The van der Waals surface area contributed by atoms with Crippen LogP contribution in [0.4, 0.5) is 0 Å². The van der Waals surface area contributed by atoms with E-state index in [0.29, 0.717) is 0 Å². The summed E-state index contributed by atoms with van der Waals surface area (Å²) >= 11 is -15.6. The van der Waals surface area contributed by atoms with Crippen molar-refractivity contribution >= 4 is 96.7 Å². The third-order valence-electron chi connectivity index (χ3n) is 3.64. The average Bonchev–Trinajstić information content (AvgIpc) is 2.68. The molecule has 2 rings (SSSR count). The Balaban J connectivity index is 3.28. The largest absolute Gasteiger partial charge is 0.749 e. The normalized spacial score (nSPS) is 16.6. The van der Waals surface area contributed by atoms with Gasteiger partial charge in [-0.05, 0) is 24.3 Å². The molecule has 4 atom stereocenters. The minimum absolute atomic E-state index is 0.0707. The van der Waals surface area contributed by atoms with E-state index < -0.39 is 116 Å². The Hall–Kier alpha value is -1.22. The number of benzene rings is 2. The fraction of sp³-hybridized carbons (Fsp3) is 0. The smallest absolute Gasteiger partial charge is 0.309 e. The van der Waals surface area contributed by atoms with Crippen molar-refractivity contribution in [2.45, 2.75) is 19.6 Å². The highest BCUT2D eigenvalue weighted by Crippen LogP contribution is 2.36. The Bertz CT molecular complexity index is 1680. The maximum atomic E-state index is 12.5. The molecule has 0 heterocycles. The highest BCUT2D eigenvalue weighted by molar-refractivity contribution is 7.97. The molecule has 0 N–H and O–H groups in total. The van der Waals surface area contributed by atoms with Crippen LogP contribution in [0.15, 0.2) is 43.8 Å². The molecule has 0 aliphatic heterocycles. The van der Waals surface area contributed by atoms with E-state index in [1.165, 1.54) is 0 Å². The van der Waals surface area contributed by atoms with Gasteiger partial charge in [-0.1, -0.05) is 0 Å². The molecule has 20 nitrogen and oxygen atoms in total. The highest BCUT2D eigenvalue weighted by Gasteiger charge is 2.32. The van der Waals surface area contributed by atoms with Gasteiger partial charge in [-0.2, -0.15) is 48.2 Å². The van der Waals surface area contributed by atoms with Crippen molar-refractivity contribution in [2.75, 3.05) is 0 Å². The van der Waals surface area contributed by atoms with E-state index in [-0.39, 0.29) is 24.3 Å². The highest BCUT2D eigenvalue weighted by atomic mass is 32.3. The van der Waals surface area contributed by atoms with Gasteiger partial charge in [0.2, 0.25) is 0 Å². The molecule has 0 bridgehead atoms. The summed E-state index contributed by atoms with van der Waals surface area (Å²) in [7, 11) is -22.7. The van der Waals surface area contributed by atoms with E-state index in [1.54, 1.807) is 0 Å². The minimum Gasteiger partial charge on any atom is -0.749 e. The second kappa shape index (κ2) is 11.7. The van der Waals surface area contributed by atoms with Gasteiger partial charge in [0.15, 0.2) is 0 Å². The predicted molar refractivity (Wildman–Crippen MR) is 113 cm³/mol. The fourth-order valence-corrected chi connectivity index (χ4v) is 8.66. The molecule has 0 spiro atoms. The topological polar surface area (TPSA) is 334 Å². The molecule has 0 saturated carbocycles. The summed E-state index contributed by atoms with van der Waals surface area (Å²) in [6, 6.07) is 0.104. The standard InChI is InChI=1S/C10H8O20S8/c11-31(12)27-35(19,20)5-1-7-8(10(3-5)38(25,26)30-34(17)18)2-6(36(21,22)28-32(13)14)4-9(7)37(23,24)29-33(15)16/h1-4H,(H,11,12)(H,13,14)(H,15,16)(H,17,18)/p-4. The van der Waals surface area contributed by atoms with Crippen molar-refractivity contribution in [2.24, 2.45) is 0 Å². The zero-order valence-electron chi connectivity index (χ0n) is 16.7. The molecule has 0 aromatic heterocycles. The summed E-state index contributed by atoms with van der Waals surface area (Å²) in [6.07, 6.45) is 0. The molecule has 2 aromatic rings. The lowest BCUT2D eigenvalue weighted by Crippen LogP contribution is -2.15. The van der Waals surface area contributed by atoms with Gasteiger partial charge in [0.1, 0.15) is 55.2 Å². The van der Waals surface area contributed by atoms with Crippen molar-refractivity contribution < 1.29 is 83.2 Å². The molecule has 38 heavy (non-hydrogen) atoms. The first-order chi connectivity index (χ1) is 17.1. The summed E-state index contributed by atoms with van der Waals surface area (Å²) in [6.45, 7) is 0. The number of hydrogen-bond donors (Lipinski definition) is 0. The Morgan fingerprint density at radius 3 is 0.921 bits per heavy atom. The van der Waals surface area contributed by atoms with Crippen molar-refractivity contribution in [3.05, 3.63) is 24.3 Å². The quantitative estimate of drug-likeness (QED) is 0.197. The summed E-state index contributed by atoms with van der Waals surface area (Å²) in [5, 5.41) is -2.56. The third-order valence-corrected chi connectivity index (χ3v) is 11.7. The van der Waals surface area contributed by atoms with E-state index in [2.05, 4.69) is 14.5 Å². The van der Waals surface area contributed by atoms with Gasteiger partial charge in [-0.3, -0.25) is 0 Å². The van der Waals surface area contributed by atoms with E-state index in [4.69, 9.17) is 0 Å². The zero-order valence-corrected chi connectivity index (χ0v) is 23.3. The molecule has 0 amide bonds. The van der Waals surface area contributed by atoms with Gasteiger partial charge >= 0.3 is 40.5 Å². The minimum atomic E-state index is -5.77. The molecule has 0 fully saturated rings. The summed E-state index contributed by atoms with van der Waals surface area (Å²) in [5.41, 5.74) is 0. The van der Waals surface area contributed by atoms with Crippen LogP contribution in [0.25, 0.3) is 10.8 Å². The van der Waals surface area contributed by atoms with Crippen LogP contribution in [0.1, 0.15) is 0 Å². The Morgan fingerprint density at radius 2 is 0.684 bits per heavy atom. The van der Waals surface area contributed by atoms with Crippen molar-refractivity contribution in [1.82, 2.24) is 0 Å². The maximum Gasteiger partial charge on any atom is 0.309 e. The Kier molecular flexibility index (Phi) is 10.2. The van der Waals surface area contributed by atoms with Crippen LogP contribution in [0, 0.1) is 0 Å². The van der Waals surface area contributed by atoms with Gasteiger partial charge in [0.25, 0.3) is 0 Å². The molecule has 4 unspecified atom stereocenters. The summed E-state index contributed by atoms with van der Waals surface area (Å²) < 4.78 is 200. The molecular formula is C10H4O20S8-4. The molecule has 0 saturated heterocycles. The van der Waals surface area contributed by atoms with Gasteiger partial charge < -0.3 is 18.2 Å². The second-order valence-corrected chi connectivity index (χ2v) is 15.1. The van der Waals surface area contributed by atoms with Crippen LogP contribution in [-0.4, -0.2) is 68.7 Å². The fourth-order valence-electron chi connectivity index (χ4n) is 2.49. The Labute approximate surface area is 222 Å². The first-order valence-corrected chi connectivity index (χ1v) is 17.5. The summed E-state index contributed by atoms with van der Waals surface area (Å²) in [4.78, 5) is -6.48. The van der Waals surface area contributed by atoms with Crippen molar-refractivity contribution in [3.8, 4) is 0 Å². The lowest BCUT2D eigenvalue weighted by Gasteiger charge is -2.17. The molecular weight excluding hydrogens is 697 g/mol. The van der Waals surface area contributed by atoms with Crippen molar-refractivity contribution in [3.63, 3.8) is 0 Å². The average molecular weight is 701 g/mol. The first kappa shape index (κ1) is 33.0. The van der Waals surface area contributed by atoms with E-state index in [9.17, 15) is 68.7 Å². The van der Waals surface area contributed by atoms with E-state index in [1.807, 2.05) is 0 Å². The first-order valence-electron chi connectivity index (χ1n) is 7.88. The van der Waals surface area contributed by atoms with Gasteiger partial charge in [-0.25, -0.2) is 16.8 Å². The molecule has 0 aliphatic rings. The second-order valence-electron chi connectivity index (χ2n) is 5.84. The number of fused-ring (bicyclic) bond motifs is 1. The van der Waals surface area contributed by atoms with Crippen LogP contribution in [0.2, 0.25) is 0 Å². The molecule has 28 heteroatoms. The van der Waals surface area contributed by atoms with Crippen LogP contribution < -0.4 is 0 Å². The van der Waals surface area contributed by atoms with Gasteiger partial charge in [0, 0.05) is 10.8 Å². The molecule has 2 aromatic carbocycles. The monoisotopic (exact) mass is 700 g/mol. The lowest BCUT2D eigenvalue weighted by molar-refractivity contribution is 0.424. The maximum absolute atomic E-state index is 12.5. The van der Waals surface area contributed by atoms with Gasteiger partial charge in [0.05, 0.1) is 9.79 Å². The molecule has 0 aliphatic carbocycles. The number of hydrogen-bond acceptors (Lipinski definition) is 20. The Morgan fingerprint density at radius 1 is 0.447 bits per heavy atom.